The summed E-state index contributed by atoms with van der Waals surface area (Å²) in [6.07, 6.45) is 1.58. The van der Waals surface area contributed by atoms with E-state index in [0.717, 1.165) is 17.8 Å². The number of hydrogen-bond donors (Lipinski definition) is 5. The molecule has 0 spiro atoms. The Morgan fingerprint density at radius 2 is 1.76 bits per heavy atom. The molecule has 42 heavy (non-hydrogen) atoms. The van der Waals surface area contributed by atoms with Gasteiger partial charge in [-0.05, 0) is 69.7 Å². The van der Waals surface area contributed by atoms with Crippen LogP contribution in [0.15, 0.2) is 64.9 Å². The quantitative estimate of drug-likeness (QED) is 0.305. The zero-order valence-electron chi connectivity index (χ0n) is 24.6. The average molecular weight is 577 g/mol. The standard InChI is InChI=1S/C30H40N8O4/c1-5-13-32-26-24(19-33-28(36-26)35-21-11-9-20(10-12-21)25(31)39)27(40)34-22-7-6-8-23(18-22)37-14-16-38(17-15-37)29(41)42-30(2,3)4/h6-12,18-19,28,32,35-36H,5,13-17H2,1-4H3,(H2,31,39)(H,34,40). The van der Waals surface area contributed by atoms with Crippen molar-refractivity contribution in [2.24, 2.45) is 10.7 Å². The Bertz CT molecular complexity index is 1340. The number of benzene rings is 2. The first kappa shape index (κ1) is 30.2. The van der Waals surface area contributed by atoms with Crippen LogP contribution in [0.4, 0.5) is 21.9 Å². The zero-order chi connectivity index (χ0) is 30.3. The number of carbonyl (C=O) groups is 3. The number of nitrogens with one attached hydrogen (secondary N) is 4. The highest BCUT2D eigenvalue weighted by molar-refractivity contribution is 6.18. The van der Waals surface area contributed by atoms with Crippen LogP contribution in [0.3, 0.4) is 0 Å². The zero-order valence-corrected chi connectivity index (χ0v) is 24.6. The first-order chi connectivity index (χ1) is 20.0. The van der Waals surface area contributed by atoms with Crippen LogP contribution < -0.4 is 31.9 Å². The highest BCUT2D eigenvalue weighted by Gasteiger charge is 2.26. The Balaban J connectivity index is 1.39. The number of ether oxygens (including phenoxy) is 1. The fourth-order valence-corrected chi connectivity index (χ4v) is 4.45. The maximum absolute atomic E-state index is 13.4. The Morgan fingerprint density at radius 3 is 2.40 bits per heavy atom. The minimum absolute atomic E-state index is 0.301. The van der Waals surface area contributed by atoms with Gasteiger partial charge in [-0.1, -0.05) is 13.0 Å². The third-order valence-corrected chi connectivity index (χ3v) is 6.57. The van der Waals surface area contributed by atoms with Gasteiger partial charge < -0.3 is 41.5 Å². The maximum atomic E-state index is 13.4. The number of carbonyl (C=O) groups excluding carboxylic acids is 3. The number of piperazine rings is 1. The molecule has 1 unspecified atom stereocenters. The molecule has 1 atom stereocenters. The molecule has 6 N–H and O–H groups in total. The molecule has 2 aromatic carbocycles. The monoisotopic (exact) mass is 576 g/mol. The molecule has 12 nitrogen and oxygen atoms in total. The number of rotatable bonds is 9. The summed E-state index contributed by atoms with van der Waals surface area (Å²) in [5.41, 5.74) is 7.93. The lowest BCUT2D eigenvalue weighted by Gasteiger charge is -2.36. The summed E-state index contributed by atoms with van der Waals surface area (Å²) >= 11 is 0. The molecule has 3 amide bonds. The van der Waals surface area contributed by atoms with Crippen LogP contribution in [0.2, 0.25) is 0 Å². The number of nitrogens with two attached hydrogens (primary N) is 1. The summed E-state index contributed by atoms with van der Waals surface area (Å²) in [4.78, 5) is 45.5. The second-order valence-electron chi connectivity index (χ2n) is 11.1. The molecule has 0 saturated carbocycles. The second kappa shape index (κ2) is 13.3. The van der Waals surface area contributed by atoms with E-state index in [-0.39, 0.29) is 12.0 Å². The molecule has 2 aliphatic heterocycles. The molecule has 2 aromatic rings. The highest BCUT2D eigenvalue weighted by atomic mass is 16.6. The predicted octanol–water partition coefficient (Wildman–Crippen LogP) is 3.06. The third kappa shape index (κ3) is 8.15. The van der Waals surface area contributed by atoms with Crippen molar-refractivity contribution in [2.45, 2.75) is 46.0 Å². The summed E-state index contributed by atoms with van der Waals surface area (Å²) in [5.74, 6) is -0.239. The predicted molar refractivity (Wildman–Crippen MR) is 164 cm³/mol. The van der Waals surface area contributed by atoms with Gasteiger partial charge in [0.05, 0.1) is 5.57 Å². The second-order valence-corrected chi connectivity index (χ2v) is 11.1. The molecule has 4 rings (SSSR count). The number of amides is 3. The molecular weight excluding hydrogens is 536 g/mol. The van der Waals surface area contributed by atoms with Crippen LogP contribution in [-0.4, -0.2) is 73.6 Å². The van der Waals surface area contributed by atoms with Crippen LogP contribution >= 0.6 is 0 Å². The Morgan fingerprint density at radius 1 is 1.05 bits per heavy atom. The normalized spacial score (nSPS) is 16.9. The van der Waals surface area contributed by atoms with E-state index in [1.807, 2.05) is 52.0 Å². The van der Waals surface area contributed by atoms with Gasteiger partial charge in [-0.25, -0.2) is 9.79 Å². The number of aliphatic imine (C=N–C) groups is 1. The van der Waals surface area contributed by atoms with Crippen molar-refractivity contribution in [3.05, 3.63) is 65.5 Å². The van der Waals surface area contributed by atoms with Gasteiger partial charge in [-0.3, -0.25) is 9.59 Å². The van der Waals surface area contributed by atoms with Crippen molar-refractivity contribution >= 4 is 41.2 Å². The van der Waals surface area contributed by atoms with Crippen molar-refractivity contribution in [3.8, 4) is 0 Å². The first-order valence-corrected chi connectivity index (χ1v) is 14.1. The van der Waals surface area contributed by atoms with E-state index in [4.69, 9.17) is 10.5 Å². The van der Waals surface area contributed by atoms with Crippen molar-refractivity contribution in [1.82, 2.24) is 15.5 Å². The summed E-state index contributed by atoms with van der Waals surface area (Å²) < 4.78 is 5.50. The number of nitrogens with zero attached hydrogens (tertiary/aromatic N) is 3. The SMILES string of the molecule is CCCNC1=C(C(=O)Nc2cccc(N3CCN(C(=O)OC(C)(C)C)CC3)c2)C=NC(Nc2ccc(C(N)=O)cc2)N1. The topological polar surface area (TPSA) is 153 Å². The largest absolute Gasteiger partial charge is 0.444 e. The summed E-state index contributed by atoms with van der Waals surface area (Å²) in [6.45, 7) is 10.7. The molecule has 0 aliphatic carbocycles. The van der Waals surface area contributed by atoms with E-state index in [1.165, 1.54) is 0 Å². The van der Waals surface area contributed by atoms with E-state index in [9.17, 15) is 14.4 Å². The van der Waals surface area contributed by atoms with Crippen molar-refractivity contribution in [2.75, 3.05) is 48.3 Å². The van der Waals surface area contributed by atoms with Gasteiger partial charge >= 0.3 is 6.09 Å². The van der Waals surface area contributed by atoms with Gasteiger partial charge in [0.1, 0.15) is 11.4 Å². The van der Waals surface area contributed by atoms with E-state index < -0.39 is 17.8 Å². The Kier molecular flexibility index (Phi) is 9.56. The van der Waals surface area contributed by atoms with Crippen LogP contribution in [0.1, 0.15) is 44.5 Å². The van der Waals surface area contributed by atoms with Crippen molar-refractivity contribution in [1.29, 1.82) is 0 Å². The fourth-order valence-electron chi connectivity index (χ4n) is 4.45. The Labute approximate surface area is 246 Å². The lowest BCUT2D eigenvalue weighted by Crippen LogP contribution is -2.50. The molecule has 0 bridgehead atoms. The number of anilines is 3. The molecule has 224 valence electrons. The molecule has 2 heterocycles. The van der Waals surface area contributed by atoms with Crippen LogP contribution in [-0.2, 0) is 9.53 Å². The van der Waals surface area contributed by atoms with Gasteiger partial charge in [0.15, 0.2) is 6.29 Å². The van der Waals surface area contributed by atoms with Gasteiger partial charge in [-0.2, -0.15) is 0 Å². The summed E-state index contributed by atoms with van der Waals surface area (Å²) in [5, 5.41) is 12.7. The molecule has 1 fully saturated rings. The Hall–Kier alpha value is -4.74. The maximum Gasteiger partial charge on any atom is 0.410 e. The minimum atomic E-state index is -0.530. The third-order valence-electron chi connectivity index (χ3n) is 6.57. The smallest absolute Gasteiger partial charge is 0.410 e. The molecule has 1 saturated heterocycles. The van der Waals surface area contributed by atoms with E-state index in [0.29, 0.717) is 55.4 Å². The first-order valence-electron chi connectivity index (χ1n) is 14.1. The van der Waals surface area contributed by atoms with E-state index >= 15 is 0 Å². The number of primary amides is 1. The van der Waals surface area contributed by atoms with Gasteiger partial charge in [0.25, 0.3) is 5.91 Å². The molecular formula is C30H40N8O4. The van der Waals surface area contributed by atoms with Crippen LogP contribution in [0, 0.1) is 0 Å². The fraction of sp³-hybridized carbons (Fsp3) is 0.400. The van der Waals surface area contributed by atoms with Crippen LogP contribution in [0.5, 0.6) is 0 Å². The van der Waals surface area contributed by atoms with Crippen molar-refractivity contribution < 1.29 is 19.1 Å². The number of hydrogen-bond acceptors (Lipinski definition) is 9. The van der Waals surface area contributed by atoms with E-state index in [1.54, 1.807) is 35.4 Å². The molecule has 12 heteroatoms. The van der Waals surface area contributed by atoms with E-state index in [2.05, 4.69) is 31.2 Å². The lowest BCUT2D eigenvalue weighted by molar-refractivity contribution is -0.112. The average Bonchev–Trinajstić information content (AvgIpc) is 2.95. The van der Waals surface area contributed by atoms with Gasteiger partial charge in [0.2, 0.25) is 5.91 Å². The molecule has 0 radical (unpaired) electrons. The minimum Gasteiger partial charge on any atom is -0.444 e. The molecule has 2 aliphatic rings. The summed E-state index contributed by atoms with van der Waals surface area (Å²) in [6, 6.07) is 14.4. The molecule has 0 aromatic heterocycles. The van der Waals surface area contributed by atoms with Gasteiger partial charge in [0, 0.05) is 61.6 Å². The van der Waals surface area contributed by atoms with Crippen molar-refractivity contribution in [3.63, 3.8) is 0 Å². The van der Waals surface area contributed by atoms with Gasteiger partial charge in [-0.15, -0.1) is 0 Å². The lowest BCUT2D eigenvalue weighted by atomic mass is 10.2. The van der Waals surface area contributed by atoms with Crippen LogP contribution in [0.25, 0.3) is 0 Å². The summed E-state index contributed by atoms with van der Waals surface area (Å²) in [7, 11) is 0. The highest BCUT2D eigenvalue weighted by Crippen LogP contribution is 2.23.